The molecule has 0 unspecified atom stereocenters. The van der Waals surface area contributed by atoms with Crippen LogP contribution in [-0.2, 0) is 26.6 Å². The largest absolute Gasteiger partial charge is 0.358 e. The summed E-state index contributed by atoms with van der Waals surface area (Å²) in [5.41, 5.74) is 2.29. The Kier molecular flexibility index (Phi) is 8.55. The van der Waals surface area contributed by atoms with Gasteiger partial charge in [-0.2, -0.15) is 4.31 Å². The van der Waals surface area contributed by atoms with Crippen molar-refractivity contribution in [2.75, 3.05) is 25.5 Å². The van der Waals surface area contributed by atoms with Crippen molar-refractivity contribution in [1.82, 2.24) is 14.3 Å². The van der Waals surface area contributed by atoms with Crippen molar-refractivity contribution >= 4 is 43.1 Å². The Balaban J connectivity index is 2.09. The number of nitrogens with one attached hydrogen (secondary N) is 3. The van der Waals surface area contributed by atoms with Crippen molar-refractivity contribution < 1.29 is 16.8 Å². The Hall–Kier alpha value is -2.05. The number of benzene rings is 2. The third-order valence-electron chi connectivity index (χ3n) is 4.76. The van der Waals surface area contributed by atoms with Gasteiger partial charge in [-0.05, 0) is 61.6 Å². The summed E-state index contributed by atoms with van der Waals surface area (Å²) in [6.07, 6.45) is 0. The van der Waals surface area contributed by atoms with E-state index >= 15 is 0 Å². The molecule has 0 radical (unpaired) electrons. The summed E-state index contributed by atoms with van der Waals surface area (Å²) in [4.78, 5) is 0.384. The highest BCUT2D eigenvalue weighted by Crippen LogP contribution is 2.23. The van der Waals surface area contributed by atoms with Gasteiger partial charge in [0.2, 0.25) is 20.0 Å². The Morgan fingerprint density at radius 2 is 1.55 bits per heavy atom. The maximum atomic E-state index is 12.8. The van der Waals surface area contributed by atoms with Crippen molar-refractivity contribution in [1.29, 1.82) is 0 Å². The molecule has 0 aliphatic rings. The maximum Gasteiger partial charge on any atom is 0.243 e. The number of hydrogen-bond acceptors (Lipinski definition) is 5. The van der Waals surface area contributed by atoms with Crippen molar-refractivity contribution in [3.63, 3.8) is 0 Å². The first-order valence-electron chi connectivity index (χ1n) is 9.73. The predicted molar refractivity (Wildman–Crippen MR) is 127 cm³/mol. The van der Waals surface area contributed by atoms with E-state index in [2.05, 4.69) is 15.4 Å². The minimum atomic E-state index is -3.57. The van der Waals surface area contributed by atoms with Crippen LogP contribution in [0.4, 0.5) is 5.69 Å². The van der Waals surface area contributed by atoms with Crippen molar-refractivity contribution in [2.45, 2.75) is 37.1 Å². The van der Waals surface area contributed by atoms with E-state index in [1.807, 2.05) is 6.92 Å². The van der Waals surface area contributed by atoms with Crippen LogP contribution in [-0.4, -0.2) is 46.4 Å². The molecule has 0 atom stereocenters. The molecule has 170 valence electrons. The lowest BCUT2D eigenvalue weighted by Gasteiger charge is -2.20. The Labute approximate surface area is 190 Å². The molecule has 0 amide bonds. The molecular weight excluding hydrogens is 456 g/mol. The van der Waals surface area contributed by atoms with Crippen LogP contribution < -0.4 is 15.4 Å². The molecule has 0 bridgehead atoms. The van der Waals surface area contributed by atoms with E-state index < -0.39 is 20.0 Å². The molecule has 0 fully saturated rings. The molecule has 2 aromatic rings. The highest BCUT2D eigenvalue weighted by molar-refractivity contribution is 7.89. The summed E-state index contributed by atoms with van der Waals surface area (Å²) in [6.45, 7) is 6.62. The minimum absolute atomic E-state index is 0.182. The summed E-state index contributed by atoms with van der Waals surface area (Å²) in [7, 11) is -5.69. The van der Waals surface area contributed by atoms with Gasteiger partial charge < -0.3 is 10.6 Å². The number of hydrogen-bond donors (Lipinski definition) is 3. The predicted octanol–water partition coefficient (Wildman–Crippen LogP) is 2.42. The van der Waals surface area contributed by atoms with Crippen LogP contribution in [0, 0.1) is 6.92 Å². The lowest BCUT2D eigenvalue weighted by Crippen LogP contribution is -2.31. The standard InChI is InChI=1S/C20H28N4O4S3/c1-5-24(6-2)31(27,28)18-10-7-15(3)19(13-18)23-20(29)22-14-16-8-11-17(12-9-16)30(25,26)21-4/h7-13,21H,5-6,14H2,1-4H3,(H2,22,23,29). The third-order valence-corrected chi connectivity index (χ3v) is 8.48. The maximum absolute atomic E-state index is 12.8. The first kappa shape index (κ1) is 25.2. The van der Waals surface area contributed by atoms with E-state index in [4.69, 9.17) is 12.2 Å². The minimum Gasteiger partial charge on any atom is -0.358 e. The Morgan fingerprint density at radius 3 is 2.10 bits per heavy atom. The van der Waals surface area contributed by atoms with Gasteiger partial charge in [-0.1, -0.05) is 32.0 Å². The molecule has 2 aromatic carbocycles. The van der Waals surface area contributed by atoms with E-state index in [9.17, 15) is 16.8 Å². The van der Waals surface area contributed by atoms with Crippen LogP contribution in [0.15, 0.2) is 52.3 Å². The summed E-state index contributed by atoms with van der Waals surface area (Å²) in [5, 5.41) is 6.42. The Morgan fingerprint density at radius 1 is 0.968 bits per heavy atom. The molecule has 31 heavy (non-hydrogen) atoms. The average Bonchev–Trinajstić information content (AvgIpc) is 2.74. The van der Waals surface area contributed by atoms with Gasteiger partial charge in [0.15, 0.2) is 5.11 Å². The van der Waals surface area contributed by atoms with Gasteiger partial charge in [0.05, 0.1) is 9.79 Å². The van der Waals surface area contributed by atoms with Crippen LogP contribution in [0.25, 0.3) is 0 Å². The van der Waals surface area contributed by atoms with Crippen LogP contribution in [0.1, 0.15) is 25.0 Å². The van der Waals surface area contributed by atoms with Gasteiger partial charge in [0, 0.05) is 25.3 Å². The van der Waals surface area contributed by atoms with Gasteiger partial charge >= 0.3 is 0 Å². The molecule has 0 saturated carbocycles. The zero-order chi connectivity index (χ0) is 23.2. The van der Waals surface area contributed by atoms with E-state index in [-0.39, 0.29) is 9.79 Å². The van der Waals surface area contributed by atoms with Gasteiger partial charge in [0.25, 0.3) is 0 Å². The fourth-order valence-corrected chi connectivity index (χ4v) is 5.26. The molecular formula is C20H28N4O4S3. The van der Waals surface area contributed by atoms with E-state index in [0.717, 1.165) is 11.1 Å². The fourth-order valence-electron chi connectivity index (χ4n) is 2.86. The summed E-state index contributed by atoms with van der Waals surface area (Å²) in [5.74, 6) is 0. The molecule has 11 heteroatoms. The molecule has 0 aliphatic heterocycles. The van der Waals surface area contributed by atoms with Gasteiger partial charge in [0.1, 0.15) is 0 Å². The molecule has 3 N–H and O–H groups in total. The van der Waals surface area contributed by atoms with Gasteiger partial charge in [-0.15, -0.1) is 0 Å². The van der Waals surface area contributed by atoms with E-state index in [1.165, 1.54) is 23.5 Å². The summed E-state index contributed by atoms with van der Waals surface area (Å²) in [6, 6.07) is 11.3. The first-order chi connectivity index (χ1) is 14.5. The van der Waals surface area contributed by atoms with Gasteiger partial charge in [-0.25, -0.2) is 21.6 Å². The highest BCUT2D eigenvalue weighted by atomic mass is 32.2. The second kappa shape index (κ2) is 10.5. The van der Waals surface area contributed by atoms with Crippen molar-refractivity contribution in [2.24, 2.45) is 0 Å². The van der Waals surface area contributed by atoms with Crippen LogP contribution >= 0.6 is 12.2 Å². The van der Waals surface area contributed by atoms with Crippen molar-refractivity contribution in [3.05, 3.63) is 53.6 Å². The molecule has 0 aromatic heterocycles. The quantitative estimate of drug-likeness (QED) is 0.469. The highest BCUT2D eigenvalue weighted by Gasteiger charge is 2.22. The topological polar surface area (TPSA) is 108 Å². The number of anilines is 1. The number of sulfonamides is 2. The molecule has 0 spiro atoms. The molecule has 0 saturated heterocycles. The zero-order valence-electron chi connectivity index (χ0n) is 18.0. The number of rotatable bonds is 9. The molecule has 0 aliphatic carbocycles. The molecule has 8 nitrogen and oxygen atoms in total. The molecule has 2 rings (SSSR count). The second-order valence-electron chi connectivity index (χ2n) is 6.73. The van der Waals surface area contributed by atoms with Crippen LogP contribution in [0.5, 0.6) is 0 Å². The summed E-state index contributed by atoms with van der Waals surface area (Å²) >= 11 is 5.34. The Bertz CT molecular complexity index is 1130. The first-order valence-corrected chi connectivity index (χ1v) is 13.1. The van der Waals surface area contributed by atoms with E-state index in [1.54, 1.807) is 44.2 Å². The molecule has 0 heterocycles. The average molecular weight is 485 g/mol. The van der Waals surface area contributed by atoms with E-state index in [0.29, 0.717) is 30.4 Å². The number of nitrogens with zero attached hydrogens (tertiary/aromatic N) is 1. The SMILES string of the molecule is CCN(CC)S(=O)(=O)c1ccc(C)c(NC(=S)NCc2ccc(S(=O)(=O)NC)cc2)c1. The number of thiocarbonyl (C=S) groups is 1. The van der Waals surface area contributed by atoms with Gasteiger partial charge in [-0.3, -0.25) is 0 Å². The third kappa shape index (κ3) is 6.23. The fraction of sp³-hybridized carbons (Fsp3) is 0.350. The zero-order valence-corrected chi connectivity index (χ0v) is 20.4. The normalized spacial score (nSPS) is 12.0. The summed E-state index contributed by atoms with van der Waals surface area (Å²) < 4.78 is 52.8. The lowest BCUT2D eigenvalue weighted by atomic mass is 10.2. The van der Waals surface area contributed by atoms with Crippen LogP contribution in [0.2, 0.25) is 0 Å². The number of aryl methyl sites for hydroxylation is 1. The smallest absolute Gasteiger partial charge is 0.243 e. The van der Waals surface area contributed by atoms with Crippen LogP contribution in [0.3, 0.4) is 0 Å². The second-order valence-corrected chi connectivity index (χ2v) is 11.0. The van der Waals surface area contributed by atoms with Crippen molar-refractivity contribution in [3.8, 4) is 0 Å². The lowest BCUT2D eigenvalue weighted by molar-refractivity contribution is 0.445. The monoisotopic (exact) mass is 484 g/mol.